The van der Waals surface area contributed by atoms with Gasteiger partial charge in [-0.05, 0) is 57.4 Å². The standard InChI is InChI=1S/C15H28N2O2/c1-12(15(19)17-8-3-2-4-9-17)16-10-13-6-5-7-14(13)11-18/h12-14,16,18H,2-11H2,1H3. The van der Waals surface area contributed by atoms with E-state index in [1.54, 1.807) is 0 Å². The van der Waals surface area contributed by atoms with Crippen molar-refractivity contribution in [1.29, 1.82) is 0 Å². The first kappa shape index (κ1) is 14.8. The molecule has 3 unspecified atom stereocenters. The molecule has 0 radical (unpaired) electrons. The summed E-state index contributed by atoms with van der Waals surface area (Å²) in [6.45, 7) is 4.98. The van der Waals surface area contributed by atoms with Crippen LogP contribution in [0.2, 0.25) is 0 Å². The summed E-state index contributed by atoms with van der Waals surface area (Å²) < 4.78 is 0. The number of carbonyl (C=O) groups is 1. The quantitative estimate of drug-likeness (QED) is 0.792. The number of rotatable bonds is 5. The number of carbonyl (C=O) groups excluding carboxylic acids is 1. The molecule has 2 N–H and O–H groups in total. The molecule has 4 nitrogen and oxygen atoms in total. The van der Waals surface area contributed by atoms with E-state index in [0.29, 0.717) is 18.4 Å². The van der Waals surface area contributed by atoms with Crippen molar-refractivity contribution in [3.05, 3.63) is 0 Å². The SMILES string of the molecule is CC(NCC1CCCC1CO)C(=O)N1CCCCC1. The summed E-state index contributed by atoms with van der Waals surface area (Å²) >= 11 is 0. The molecule has 0 spiro atoms. The Hall–Kier alpha value is -0.610. The van der Waals surface area contributed by atoms with Gasteiger partial charge in [0.15, 0.2) is 0 Å². The Bertz CT molecular complexity index is 290. The molecule has 2 fully saturated rings. The highest BCUT2D eigenvalue weighted by molar-refractivity contribution is 5.81. The van der Waals surface area contributed by atoms with Crippen LogP contribution < -0.4 is 5.32 Å². The van der Waals surface area contributed by atoms with E-state index < -0.39 is 0 Å². The van der Waals surface area contributed by atoms with Gasteiger partial charge in [0.2, 0.25) is 5.91 Å². The number of hydrogen-bond acceptors (Lipinski definition) is 3. The first-order chi connectivity index (χ1) is 9.22. The van der Waals surface area contributed by atoms with Gasteiger partial charge in [-0.2, -0.15) is 0 Å². The smallest absolute Gasteiger partial charge is 0.239 e. The Balaban J connectivity index is 1.73. The molecule has 2 aliphatic rings. The fourth-order valence-corrected chi connectivity index (χ4v) is 3.43. The van der Waals surface area contributed by atoms with Crippen molar-refractivity contribution in [3.8, 4) is 0 Å². The van der Waals surface area contributed by atoms with Crippen LogP contribution in [0.5, 0.6) is 0 Å². The van der Waals surface area contributed by atoms with Gasteiger partial charge in [-0.1, -0.05) is 6.42 Å². The van der Waals surface area contributed by atoms with Gasteiger partial charge in [-0.15, -0.1) is 0 Å². The van der Waals surface area contributed by atoms with Crippen molar-refractivity contribution in [1.82, 2.24) is 10.2 Å². The number of nitrogens with one attached hydrogen (secondary N) is 1. The molecule has 2 rings (SSSR count). The molecule has 4 heteroatoms. The number of hydrogen-bond donors (Lipinski definition) is 2. The van der Waals surface area contributed by atoms with E-state index in [1.807, 2.05) is 11.8 Å². The summed E-state index contributed by atoms with van der Waals surface area (Å²) in [4.78, 5) is 14.3. The second-order valence-electron chi connectivity index (χ2n) is 6.15. The van der Waals surface area contributed by atoms with Gasteiger partial charge in [0.25, 0.3) is 0 Å². The van der Waals surface area contributed by atoms with E-state index in [-0.39, 0.29) is 11.9 Å². The van der Waals surface area contributed by atoms with E-state index in [0.717, 1.165) is 38.9 Å². The maximum Gasteiger partial charge on any atom is 0.239 e. The summed E-state index contributed by atoms with van der Waals surface area (Å²) in [5.41, 5.74) is 0. The fraction of sp³-hybridized carbons (Fsp3) is 0.933. The van der Waals surface area contributed by atoms with Gasteiger partial charge in [0.1, 0.15) is 0 Å². The van der Waals surface area contributed by atoms with E-state index >= 15 is 0 Å². The maximum absolute atomic E-state index is 12.3. The molecule has 0 aromatic rings. The summed E-state index contributed by atoms with van der Waals surface area (Å²) in [6.07, 6.45) is 7.08. The highest BCUT2D eigenvalue weighted by atomic mass is 16.3. The van der Waals surface area contributed by atoms with Gasteiger partial charge >= 0.3 is 0 Å². The Kier molecular flexibility index (Phi) is 5.64. The minimum absolute atomic E-state index is 0.0851. The lowest BCUT2D eigenvalue weighted by molar-refractivity contribution is -0.134. The third-order valence-electron chi connectivity index (χ3n) is 4.78. The number of piperidine rings is 1. The summed E-state index contributed by atoms with van der Waals surface area (Å²) in [5.74, 6) is 1.23. The van der Waals surface area contributed by atoms with Gasteiger partial charge in [-0.3, -0.25) is 4.79 Å². The summed E-state index contributed by atoms with van der Waals surface area (Å²) in [5, 5.41) is 12.7. The Morgan fingerprint density at radius 2 is 1.89 bits per heavy atom. The minimum atomic E-state index is -0.0851. The first-order valence-electron chi connectivity index (χ1n) is 7.85. The number of likely N-dealkylation sites (tertiary alicyclic amines) is 1. The van der Waals surface area contributed by atoms with Gasteiger partial charge in [-0.25, -0.2) is 0 Å². The molecule has 1 amide bonds. The number of amides is 1. The number of nitrogens with zero attached hydrogens (tertiary/aromatic N) is 1. The lowest BCUT2D eigenvalue weighted by Gasteiger charge is -2.30. The van der Waals surface area contributed by atoms with E-state index in [9.17, 15) is 9.90 Å². The molecule has 0 aromatic carbocycles. The normalized spacial score (nSPS) is 29.5. The van der Waals surface area contributed by atoms with Crippen molar-refractivity contribution in [3.63, 3.8) is 0 Å². The minimum Gasteiger partial charge on any atom is -0.396 e. The van der Waals surface area contributed by atoms with Gasteiger partial charge in [0, 0.05) is 19.7 Å². The summed E-state index contributed by atoms with van der Waals surface area (Å²) in [7, 11) is 0. The van der Waals surface area contributed by atoms with Crippen LogP contribution in [-0.2, 0) is 4.79 Å². The zero-order valence-corrected chi connectivity index (χ0v) is 12.1. The third kappa shape index (κ3) is 3.93. The van der Waals surface area contributed by atoms with Gasteiger partial charge < -0.3 is 15.3 Å². The lowest BCUT2D eigenvalue weighted by Crippen LogP contribution is -2.48. The van der Waals surface area contributed by atoms with Crippen molar-refractivity contribution in [2.75, 3.05) is 26.2 Å². The zero-order chi connectivity index (χ0) is 13.7. The molecule has 1 saturated heterocycles. The van der Waals surface area contributed by atoms with Crippen molar-refractivity contribution < 1.29 is 9.90 Å². The molecule has 3 atom stereocenters. The fourth-order valence-electron chi connectivity index (χ4n) is 3.43. The van der Waals surface area contributed by atoms with Crippen molar-refractivity contribution in [2.24, 2.45) is 11.8 Å². The Morgan fingerprint density at radius 1 is 1.21 bits per heavy atom. The molecule has 19 heavy (non-hydrogen) atoms. The van der Waals surface area contributed by atoms with Crippen LogP contribution in [0, 0.1) is 11.8 Å². The van der Waals surface area contributed by atoms with Gasteiger partial charge in [0.05, 0.1) is 6.04 Å². The van der Waals surface area contributed by atoms with Crippen LogP contribution in [-0.4, -0.2) is 48.2 Å². The molecule has 110 valence electrons. The average molecular weight is 268 g/mol. The van der Waals surface area contributed by atoms with Crippen LogP contribution in [0.4, 0.5) is 0 Å². The van der Waals surface area contributed by atoms with E-state index in [1.165, 1.54) is 19.3 Å². The molecule has 0 aromatic heterocycles. The second-order valence-corrected chi connectivity index (χ2v) is 6.15. The van der Waals surface area contributed by atoms with E-state index in [4.69, 9.17) is 0 Å². The molecular weight excluding hydrogens is 240 g/mol. The molecule has 0 bridgehead atoms. The largest absolute Gasteiger partial charge is 0.396 e. The van der Waals surface area contributed by atoms with Crippen molar-refractivity contribution >= 4 is 5.91 Å². The number of aliphatic hydroxyl groups is 1. The molecule has 1 aliphatic heterocycles. The molecule has 1 saturated carbocycles. The van der Waals surface area contributed by atoms with Crippen LogP contribution in [0.3, 0.4) is 0 Å². The van der Waals surface area contributed by atoms with Crippen LogP contribution in [0.25, 0.3) is 0 Å². The highest BCUT2D eigenvalue weighted by Gasteiger charge is 2.28. The van der Waals surface area contributed by atoms with Crippen LogP contribution in [0.1, 0.15) is 45.4 Å². The number of aliphatic hydroxyl groups excluding tert-OH is 1. The summed E-state index contributed by atoms with van der Waals surface area (Å²) in [6, 6.07) is -0.0851. The van der Waals surface area contributed by atoms with Crippen LogP contribution >= 0.6 is 0 Å². The predicted molar refractivity (Wildman–Crippen MR) is 75.8 cm³/mol. The lowest BCUT2D eigenvalue weighted by atomic mass is 9.96. The molecule has 1 heterocycles. The molecule has 1 aliphatic carbocycles. The maximum atomic E-state index is 12.3. The monoisotopic (exact) mass is 268 g/mol. The van der Waals surface area contributed by atoms with E-state index in [2.05, 4.69) is 5.32 Å². The van der Waals surface area contributed by atoms with Crippen molar-refractivity contribution in [2.45, 2.75) is 51.5 Å². The highest BCUT2D eigenvalue weighted by Crippen LogP contribution is 2.30. The first-order valence-corrected chi connectivity index (χ1v) is 7.85. The predicted octanol–water partition coefficient (Wildman–Crippen LogP) is 1.39. The Labute approximate surface area is 116 Å². The topological polar surface area (TPSA) is 52.6 Å². The average Bonchev–Trinajstić information content (AvgIpc) is 2.92. The zero-order valence-electron chi connectivity index (χ0n) is 12.1. The molecular formula is C15H28N2O2. The third-order valence-corrected chi connectivity index (χ3v) is 4.78. The second kappa shape index (κ2) is 7.25. The Morgan fingerprint density at radius 3 is 2.58 bits per heavy atom. The van der Waals surface area contributed by atoms with Crippen LogP contribution in [0.15, 0.2) is 0 Å².